The molecule has 3 heterocycles. The molecule has 1 saturated heterocycles. The van der Waals surface area contributed by atoms with Gasteiger partial charge < -0.3 is 5.73 Å². The molecule has 1 fully saturated rings. The van der Waals surface area contributed by atoms with Gasteiger partial charge in [-0.3, -0.25) is 9.30 Å². The second kappa shape index (κ2) is 5.50. The van der Waals surface area contributed by atoms with Gasteiger partial charge in [-0.1, -0.05) is 0 Å². The Morgan fingerprint density at radius 2 is 2.25 bits per heavy atom. The first-order valence-electron chi connectivity index (χ1n) is 7.47. The molecule has 0 amide bonds. The van der Waals surface area contributed by atoms with E-state index in [1.54, 1.807) is 0 Å². The van der Waals surface area contributed by atoms with Crippen LogP contribution in [0.3, 0.4) is 0 Å². The third-order valence-corrected chi connectivity index (χ3v) is 4.28. The Kier molecular flexibility index (Phi) is 3.72. The summed E-state index contributed by atoms with van der Waals surface area (Å²) >= 11 is 0. The van der Waals surface area contributed by atoms with Crippen LogP contribution < -0.4 is 5.73 Å². The lowest BCUT2D eigenvalue weighted by atomic mass is 10.1. The summed E-state index contributed by atoms with van der Waals surface area (Å²) in [6, 6.07) is 5.27. The van der Waals surface area contributed by atoms with Crippen molar-refractivity contribution in [2.24, 2.45) is 5.73 Å². The van der Waals surface area contributed by atoms with Crippen LogP contribution in [0.4, 0.5) is 0 Å². The Labute approximate surface area is 119 Å². The number of hydrogen-bond donors (Lipinski definition) is 1. The second-order valence-corrected chi connectivity index (χ2v) is 5.92. The predicted octanol–water partition coefficient (Wildman–Crippen LogP) is 1.60. The monoisotopic (exact) mass is 273 g/mol. The van der Waals surface area contributed by atoms with E-state index < -0.39 is 0 Å². The van der Waals surface area contributed by atoms with Crippen LogP contribution in [0, 0.1) is 0 Å². The molecule has 0 spiro atoms. The minimum Gasteiger partial charge on any atom is -0.326 e. The van der Waals surface area contributed by atoms with Gasteiger partial charge in [0.2, 0.25) is 0 Å². The SMILES string of the molecule is CC(C)N1CCCC1Cc1nnc2cc(CN)ccn12. The maximum atomic E-state index is 5.67. The lowest BCUT2D eigenvalue weighted by Crippen LogP contribution is -2.37. The van der Waals surface area contributed by atoms with Crippen LogP contribution in [-0.4, -0.2) is 38.1 Å². The van der Waals surface area contributed by atoms with Gasteiger partial charge in [0.25, 0.3) is 0 Å². The number of likely N-dealkylation sites (tertiary alicyclic amines) is 1. The van der Waals surface area contributed by atoms with Crippen LogP contribution in [0.25, 0.3) is 5.65 Å². The summed E-state index contributed by atoms with van der Waals surface area (Å²) in [6.45, 7) is 6.29. The summed E-state index contributed by atoms with van der Waals surface area (Å²) in [5.74, 6) is 1.06. The summed E-state index contributed by atoms with van der Waals surface area (Å²) in [5.41, 5.74) is 7.67. The van der Waals surface area contributed by atoms with E-state index in [0.717, 1.165) is 23.5 Å². The van der Waals surface area contributed by atoms with Gasteiger partial charge in [-0.2, -0.15) is 0 Å². The van der Waals surface area contributed by atoms with Gasteiger partial charge in [-0.05, 0) is 50.9 Å². The molecule has 3 rings (SSSR count). The Balaban J connectivity index is 1.84. The molecule has 0 radical (unpaired) electrons. The van der Waals surface area contributed by atoms with Crippen LogP contribution in [0.15, 0.2) is 18.3 Å². The number of nitrogens with zero attached hydrogens (tertiary/aromatic N) is 4. The molecule has 2 aromatic rings. The number of rotatable bonds is 4. The fourth-order valence-electron chi connectivity index (χ4n) is 3.22. The van der Waals surface area contributed by atoms with Crippen molar-refractivity contribution in [2.75, 3.05) is 6.54 Å². The van der Waals surface area contributed by atoms with Crippen molar-refractivity contribution in [1.82, 2.24) is 19.5 Å². The molecule has 5 heteroatoms. The number of pyridine rings is 1. The van der Waals surface area contributed by atoms with Gasteiger partial charge in [0.1, 0.15) is 5.82 Å². The average Bonchev–Trinajstić information content (AvgIpc) is 3.06. The van der Waals surface area contributed by atoms with Gasteiger partial charge in [-0.25, -0.2) is 0 Å². The van der Waals surface area contributed by atoms with E-state index in [1.807, 2.05) is 12.3 Å². The van der Waals surface area contributed by atoms with Crippen molar-refractivity contribution < 1.29 is 0 Å². The van der Waals surface area contributed by atoms with Crippen LogP contribution >= 0.6 is 0 Å². The minimum atomic E-state index is 0.544. The van der Waals surface area contributed by atoms with Crippen molar-refractivity contribution in [3.63, 3.8) is 0 Å². The highest BCUT2D eigenvalue weighted by molar-refractivity contribution is 5.41. The van der Waals surface area contributed by atoms with E-state index in [4.69, 9.17) is 5.73 Å². The first-order chi connectivity index (χ1) is 9.69. The number of aromatic nitrogens is 3. The van der Waals surface area contributed by atoms with E-state index in [9.17, 15) is 0 Å². The van der Waals surface area contributed by atoms with Crippen LogP contribution in [0.1, 0.15) is 38.1 Å². The topological polar surface area (TPSA) is 59.5 Å². The maximum absolute atomic E-state index is 5.67. The van der Waals surface area contributed by atoms with Crippen molar-refractivity contribution in [3.05, 3.63) is 29.7 Å². The van der Waals surface area contributed by atoms with Crippen LogP contribution in [-0.2, 0) is 13.0 Å². The Morgan fingerprint density at radius 1 is 1.40 bits per heavy atom. The standard InChI is InChI=1S/C15H23N5/c1-11(2)19-6-3-4-13(19)9-15-18-17-14-8-12(10-16)5-7-20(14)15/h5,7-8,11,13H,3-4,6,9-10,16H2,1-2H3. The lowest BCUT2D eigenvalue weighted by molar-refractivity contribution is 0.200. The highest BCUT2D eigenvalue weighted by atomic mass is 15.3. The molecule has 1 aliphatic heterocycles. The molecule has 1 unspecified atom stereocenters. The molecule has 2 N–H and O–H groups in total. The molecule has 0 aromatic carbocycles. The zero-order chi connectivity index (χ0) is 14.1. The molecule has 0 aliphatic carbocycles. The Bertz CT molecular complexity index is 589. The molecule has 20 heavy (non-hydrogen) atoms. The molecule has 0 saturated carbocycles. The predicted molar refractivity (Wildman–Crippen MR) is 79.4 cm³/mol. The largest absolute Gasteiger partial charge is 0.326 e. The molecular formula is C15H23N5. The number of hydrogen-bond acceptors (Lipinski definition) is 4. The zero-order valence-electron chi connectivity index (χ0n) is 12.3. The third kappa shape index (κ3) is 2.43. The van der Waals surface area contributed by atoms with E-state index in [1.165, 1.54) is 19.4 Å². The van der Waals surface area contributed by atoms with E-state index >= 15 is 0 Å². The van der Waals surface area contributed by atoms with Gasteiger partial charge in [0.15, 0.2) is 5.65 Å². The normalized spacial score (nSPS) is 20.3. The smallest absolute Gasteiger partial charge is 0.161 e. The minimum absolute atomic E-state index is 0.544. The number of nitrogens with two attached hydrogens (primary N) is 1. The quantitative estimate of drug-likeness (QED) is 0.919. The van der Waals surface area contributed by atoms with Gasteiger partial charge in [-0.15, -0.1) is 10.2 Å². The van der Waals surface area contributed by atoms with Crippen molar-refractivity contribution in [1.29, 1.82) is 0 Å². The summed E-state index contributed by atoms with van der Waals surface area (Å²) < 4.78 is 2.09. The number of fused-ring (bicyclic) bond motifs is 1. The zero-order valence-corrected chi connectivity index (χ0v) is 12.3. The van der Waals surface area contributed by atoms with E-state index in [2.05, 4.69) is 39.4 Å². The summed E-state index contributed by atoms with van der Waals surface area (Å²) in [7, 11) is 0. The van der Waals surface area contributed by atoms with Crippen LogP contribution in [0.5, 0.6) is 0 Å². The lowest BCUT2D eigenvalue weighted by Gasteiger charge is -2.27. The van der Waals surface area contributed by atoms with Crippen molar-refractivity contribution >= 4 is 5.65 Å². The molecule has 0 bridgehead atoms. The molecule has 1 atom stereocenters. The fourth-order valence-corrected chi connectivity index (χ4v) is 3.22. The maximum Gasteiger partial charge on any atom is 0.161 e. The van der Waals surface area contributed by atoms with E-state index in [-0.39, 0.29) is 0 Å². The fraction of sp³-hybridized carbons (Fsp3) is 0.600. The second-order valence-electron chi connectivity index (χ2n) is 5.92. The first kappa shape index (κ1) is 13.5. The Morgan fingerprint density at radius 3 is 3.00 bits per heavy atom. The molecule has 108 valence electrons. The van der Waals surface area contributed by atoms with Gasteiger partial charge in [0, 0.05) is 31.2 Å². The summed E-state index contributed by atoms with van der Waals surface area (Å²) in [6.07, 6.45) is 5.56. The van der Waals surface area contributed by atoms with Gasteiger partial charge >= 0.3 is 0 Å². The summed E-state index contributed by atoms with van der Waals surface area (Å²) in [4.78, 5) is 2.58. The van der Waals surface area contributed by atoms with Gasteiger partial charge in [0.05, 0.1) is 0 Å². The molecule has 5 nitrogen and oxygen atoms in total. The Hall–Kier alpha value is -1.46. The van der Waals surface area contributed by atoms with Crippen LogP contribution in [0.2, 0.25) is 0 Å². The molecule has 2 aromatic heterocycles. The highest BCUT2D eigenvalue weighted by Gasteiger charge is 2.27. The molecular weight excluding hydrogens is 250 g/mol. The molecule has 1 aliphatic rings. The van der Waals surface area contributed by atoms with E-state index in [0.29, 0.717) is 18.6 Å². The average molecular weight is 273 g/mol. The van der Waals surface area contributed by atoms with Crippen molar-refractivity contribution in [3.8, 4) is 0 Å². The highest BCUT2D eigenvalue weighted by Crippen LogP contribution is 2.23. The van der Waals surface area contributed by atoms with Crippen molar-refractivity contribution in [2.45, 2.75) is 51.7 Å². The first-order valence-corrected chi connectivity index (χ1v) is 7.47. The summed E-state index contributed by atoms with van der Waals surface area (Å²) in [5, 5.41) is 8.65. The third-order valence-electron chi connectivity index (χ3n) is 4.28.